The molecule has 2 aromatic heterocycles. The van der Waals surface area contributed by atoms with E-state index >= 15 is 0 Å². The summed E-state index contributed by atoms with van der Waals surface area (Å²) in [6.07, 6.45) is 6.16. The Hall–Kier alpha value is -2.48. The Labute approximate surface area is 162 Å². The van der Waals surface area contributed by atoms with Crippen molar-refractivity contribution >= 4 is 29.1 Å². The van der Waals surface area contributed by atoms with E-state index in [1.165, 1.54) is 11.3 Å². The van der Waals surface area contributed by atoms with Crippen molar-refractivity contribution in [3.8, 4) is 0 Å². The van der Waals surface area contributed by atoms with E-state index in [0.29, 0.717) is 43.5 Å². The molecule has 7 nitrogen and oxygen atoms in total. The van der Waals surface area contributed by atoms with Crippen molar-refractivity contribution in [2.75, 3.05) is 37.6 Å². The van der Waals surface area contributed by atoms with Crippen molar-refractivity contribution in [3.05, 3.63) is 40.8 Å². The zero-order valence-electron chi connectivity index (χ0n) is 15.2. The molecule has 2 amide bonds. The molecule has 0 saturated carbocycles. The molecule has 2 aliphatic rings. The van der Waals surface area contributed by atoms with Crippen LogP contribution in [0.5, 0.6) is 0 Å². The second kappa shape index (κ2) is 8.04. The number of carbonyl (C=O) groups excluding carboxylic acids is 2. The number of carbonyl (C=O) groups is 2. The van der Waals surface area contributed by atoms with Gasteiger partial charge in [-0.05, 0) is 36.8 Å². The largest absolute Gasteiger partial charge is 0.337 e. The van der Waals surface area contributed by atoms with Gasteiger partial charge in [0.15, 0.2) is 0 Å². The maximum Gasteiger partial charge on any atom is 0.264 e. The fourth-order valence-electron chi connectivity index (χ4n) is 3.77. The first-order chi connectivity index (χ1) is 13.2. The summed E-state index contributed by atoms with van der Waals surface area (Å²) in [5.41, 5.74) is 0. The summed E-state index contributed by atoms with van der Waals surface area (Å²) >= 11 is 1.44. The zero-order chi connectivity index (χ0) is 18.6. The molecular formula is C19H23N5O2S. The normalized spacial score (nSPS) is 20.6. The molecule has 4 rings (SSSR count). The van der Waals surface area contributed by atoms with Crippen LogP contribution in [-0.2, 0) is 4.79 Å². The molecule has 0 N–H and O–H groups in total. The SMILES string of the molecule is O=C(C1CCCCN1C(=O)c1cccs1)N1CCN(c2ncccn2)CC1. The van der Waals surface area contributed by atoms with Crippen LogP contribution in [0.1, 0.15) is 28.9 Å². The zero-order valence-corrected chi connectivity index (χ0v) is 16.0. The highest BCUT2D eigenvalue weighted by Crippen LogP contribution is 2.24. The summed E-state index contributed by atoms with van der Waals surface area (Å²) in [5, 5.41) is 1.90. The third-order valence-corrected chi connectivity index (χ3v) is 6.06. The molecule has 0 radical (unpaired) electrons. The Kier molecular flexibility index (Phi) is 5.33. The number of piperazine rings is 1. The maximum absolute atomic E-state index is 13.2. The molecule has 2 saturated heterocycles. The van der Waals surface area contributed by atoms with Crippen LogP contribution >= 0.6 is 11.3 Å². The summed E-state index contributed by atoms with van der Waals surface area (Å²) in [6, 6.07) is 5.17. The minimum absolute atomic E-state index is 0.0145. The third kappa shape index (κ3) is 3.80. The van der Waals surface area contributed by atoms with Crippen LogP contribution in [0.15, 0.2) is 36.0 Å². The molecular weight excluding hydrogens is 362 g/mol. The van der Waals surface area contributed by atoms with E-state index < -0.39 is 0 Å². The van der Waals surface area contributed by atoms with Crippen molar-refractivity contribution < 1.29 is 9.59 Å². The molecule has 2 aliphatic heterocycles. The van der Waals surface area contributed by atoms with Crippen LogP contribution in [0.2, 0.25) is 0 Å². The Morgan fingerprint density at radius 3 is 2.48 bits per heavy atom. The molecule has 8 heteroatoms. The number of likely N-dealkylation sites (tertiary alicyclic amines) is 1. The topological polar surface area (TPSA) is 69.6 Å². The third-order valence-electron chi connectivity index (χ3n) is 5.21. The number of aromatic nitrogens is 2. The molecule has 1 atom stereocenters. The van der Waals surface area contributed by atoms with Gasteiger partial charge in [0.05, 0.1) is 4.88 Å². The van der Waals surface area contributed by atoms with Gasteiger partial charge in [0.25, 0.3) is 5.91 Å². The number of anilines is 1. The molecule has 0 aliphatic carbocycles. The predicted molar refractivity (Wildman–Crippen MR) is 104 cm³/mol. The standard InChI is InChI=1S/C19H23N5O2S/c25-17(22-10-12-23(13-11-22)19-20-7-4-8-21-19)15-5-1-2-9-24(15)18(26)16-6-3-14-27-16/h3-4,6-8,14-15H,1-2,5,9-13H2. The molecule has 142 valence electrons. The second-order valence-corrected chi connectivity index (χ2v) is 7.80. The number of piperidine rings is 1. The monoisotopic (exact) mass is 385 g/mol. The van der Waals surface area contributed by atoms with Gasteiger partial charge in [-0.3, -0.25) is 9.59 Å². The highest BCUT2D eigenvalue weighted by Gasteiger charge is 2.36. The molecule has 1 unspecified atom stereocenters. The van der Waals surface area contributed by atoms with E-state index in [1.807, 2.05) is 22.4 Å². The number of nitrogens with zero attached hydrogens (tertiary/aromatic N) is 5. The summed E-state index contributed by atoms with van der Waals surface area (Å²) in [7, 11) is 0. The van der Waals surface area contributed by atoms with Crippen molar-refractivity contribution in [3.63, 3.8) is 0 Å². The average Bonchev–Trinajstić information content (AvgIpc) is 3.28. The Morgan fingerprint density at radius 1 is 1.00 bits per heavy atom. The van der Waals surface area contributed by atoms with Crippen LogP contribution in [-0.4, -0.2) is 70.3 Å². The number of amides is 2. The smallest absolute Gasteiger partial charge is 0.264 e. The van der Waals surface area contributed by atoms with E-state index in [4.69, 9.17) is 0 Å². The summed E-state index contributed by atoms with van der Waals surface area (Å²) in [4.78, 5) is 41.1. The fourth-order valence-corrected chi connectivity index (χ4v) is 4.44. The summed E-state index contributed by atoms with van der Waals surface area (Å²) < 4.78 is 0. The van der Waals surface area contributed by atoms with E-state index in [0.717, 1.165) is 19.3 Å². The van der Waals surface area contributed by atoms with Crippen molar-refractivity contribution in [2.24, 2.45) is 0 Å². The Balaban J connectivity index is 1.41. The van der Waals surface area contributed by atoms with E-state index in [1.54, 1.807) is 23.4 Å². The van der Waals surface area contributed by atoms with Gasteiger partial charge in [-0.1, -0.05) is 6.07 Å². The second-order valence-electron chi connectivity index (χ2n) is 6.85. The predicted octanol–water partition coefficient (Wildman–Crippen LogP) is 1.88. The van der Waals surface area contributed by atoms with Crippen LogP contribution < -0.4 is 4.90 Å². The minimum Gasteiger partial charge on any atom is -0.337 e. The van der Waals surface area contributed by atoms with E-state index in [2.05, 4.69) is 14.9 Å². The molecule has 0 spiro atoms. The summed E-state index contributed by atoms with van der Waals surface area (Å²) in [6.45, 7) is 3.34. The Morgan fingerprint density at radius 2 is 1.78 bits per heavy atom. The fraction of sp³-hybridized carbons (Fsp3) is 0.474. The quantitative estimate of drug-likeness (QED) is 0.807. The number of thiophene rings is 1. The first-order valence-corrected chi connectivity index (χ1v) is 10.3. The van der Waals surface area contributed by atoms with Gasteiger partial charge in [0, 0.05) is 45.1 Å². The number of hydrogen-bond acceptors (Lipinski definition) is 6. The molecule has 4 heterocycles. The van der Waals surface area contributed by atoms with Gasteiger partial charge in [-0.25, -0.2) is 9.97 Å². The van der Waals surface area contributed by atoms with Crippen molar-refractivity contribution in [2.45, 2.75) is 25.3 Å². The first-order valence-electron chi connectivity index (χ1n) is 9.39. The lowest BCUT2D eigenvalue weighted by molar-refractivity contribution is -0.137. The van der Waals surface area contributed by atoms with Gasteiger partial charge in [0.2, 0.25) is 11.9 Å². The maximum atomic E-state index is 13.2. The van der Waals surface area contributed by atoms with Crippen molar-refractivity contribution in [1.29, 1.82) is 0 Å². The van der Waals surface area contributed by atoms with Crippen LogP contribution in [0.4, 0.5) is 5.95 Å². The molecule has 0 aromatic carbocycles. The lowest BCUT2D eigenvalue weighted by Crippen LogP contribution is -2.57. The average molecular weight is 385 g/mol. The number of rotatable bonds is 3. The Bertz CT molecular complexity index is 775. The van der Waals surface area contributed by atoms with E-state index in [-0.39, 0.29) is 17.9 Å². The van der Waals surface area contributed by atoms with Crippen LogP contribution in [0.3, 0.4) is 0 Å². The van der Waals surface area contributed by atoms with Gasteiger partial charge in [0.1, 0.15) is 6.04 Å². The lowest BCUT2D eigenvalue weighted by atomic mass is 10.00. The summed E-state index contributed by atoms with van der Waals surface area (Å²) in [5.74, 6) is 0.768. The lowest BCUT2D eigenvalue weighted by Gasteiger charge is -2.40. The van der Waals surface area contributed by atoms with Gasteiger partial charge < -0.3 is 14.7 Å². The first kappa shape index (κ1) is 17.9. The van der Waals surface area contributed by atoms with Gasteiger partial charge in [-0.15, -0.1) is 11.3 Å². The van der Waals surface area contributed by atoms with Crippen LogP contribution in [0, 0.1) is 0 Å². The van der Waals surface area contributed by atoms with Gasteiger partial charge in [-0.2, -0.15) is 0 Å². The molecule has 2 fully saturated rings. The van der Waals surface area contributed by atoms with Gasteiger partial charge >= 0.3 is 0 Å². The van der Waals surface area contributed by atoms with Crippen molar-refractivity contribution in [1.82, 2.24) is 19.8 Å². The van der Waals surface area contributed by atoms with Crippen LogP contribution in [0.25, 0.3) is 0 Å². The molecule has 0 bridgehead atoms. The number of hydrogen-bond donors (Lipinski definition) is 0. The van der Waals surface area contributed by atoms with E-state index in [9.17, 15) is 9.59 Å². The highest BCUT2D eigenvalue weighted by molar-refractivity contribution is 7.12. The minimum atomic E-state index is -0.340. The molecule has 27 heavy (non-hydrogen) atoms. The highest BCUT2D eigenvalue weighted by atomic mass is 32.1. The molecule has 2 aromatic rings.